The molecule has 0 saturated heterocycles. The van der Waals surface area contributed by atoms with Crippen molar-refractivity contribution in [1.29, 1.82) is 0 Å². The summed E-state index contributed by atoms with van der Waals surface area (Å²) in [7, 11) is 0. The van der Waals surface area contributed by atoms with Crippen molar-refractivity contribution in [2.24, 2.45) is 11.0 Å². The molecular weight excluding hydrogens is 288 g/mol. The van der Waals surface area contributed by atoms with Crippen LogP contribution in [0.15, 0.2) is 59.7 Å². The first-order valence-electron chi connectivity index (χ1n) is 7.72. The Bertz CT molecular complexity index is 634. The van der Waals surface area contributed by atoms with Crippen LogP contribution in [-0.2, 0) is 11.4 Å². The fraction of sp³-hybridized carbons (Fsp3) is 0.263. The van der Waals surface area contributed by atoms with E-state index in [9.17, 15) is 4.79 Å². The molecule has 0 atom stereocenters. The van der Waals surface area contributed by atoms with Crippen LogP contribution in [0.5, 0.6) is 5.75 Å². The van der Waals surface area contributed by atoms with E-state index < -0.39 is 0 Å². The topological polar surface area (TPSA) is 50.7 Å². The number of hydrazone groups is 1. The molecule has 2 rings (SSSR count). The minimum absolute atomic E-state index is 0.0703. The van der Waals surface area contributed by atoms with Crippen molar-refractivity contribution < 1.29 is 9.53 Å². The van der Waals surface area contributed by atoms with Crippen molar-refractivity contribution in [2.45, 2.75) is 26.9 Å². The number of hydrogen-bond donors (Lipinski definition) is 1. The Morgan fingerprint density at radius 1 is 1.13 bits per heavy atom. The smallest absolute Gasteiger partial charge is 0.240 e. The summed E-state index contributed by atoms with van der Waals surface area (Å²) in [6.07, 6.45) is 2.10. The molecule has 2 aromatic rings. The number of rotatable bonds is 7. The Hall–Kier alpha value is -2.62. The van der Waals surface area contributed by atoms with E-state index >= 15 is 0 Å². The van der Waals surface area contributed by atoms with Gasteiger partial charge in [-0.1, -0.05) is 44.2 Å². The Kier molecular flexibility index (Phi) is 6.36. The van der Waals surface area contributed by atoms with E-state index in [0.717, 1.165) is 16.9 Å². The molecule has 120 valence electrons. The van der Waals surface area contributed by atoms with Crippen molar-refractivity contribution in [3.8, 4) is 5.75 Å². The fourth-order valence-electron chi connectivity index (χ4n) is 1.99. The molecule has 0 spiro atoms. The van der Waals surface area contributed by atoms with Crippen molar-refractivity contribution >= 4 is 12.1 Å². The standard InChI is InChI=1S/C19H22N2O2/c1-15(2)12-19(22)21-20-13-16-8-10-18(11-9-16)23-14-17-6-4-3-5-7-17/h3-11,13,15H,12,14H2,1-2H3,(H,21,22). The molecular formula is C19H22N2O2. The summed E-state index contributed by atoms with van der Waals surface area (Å²) < 4.78 is 5.72. The summed E-state index contributed by atoms with van der Waals surface area (Å²) in [4.78, 5) is 11.5. The summed E-state index contributed by atoms with van der Waals surface area (Å²) in [6, 6.07) is 17.6. The molecule has 4 nitrogen and oxygen atoms in total. The highest BCUT2D eigenvalue weighted by Crippen LogP contribution is 2.13. The van der Waals surface area contributed by atoms with Crippen LogP contribution in [0.4, 0.5) is 0 Å². The van der Waals surface area contributed by atoms with Crippen LogP contribution in [0, 0.1) is 5.92 Å². The van der Waals surface area contributed by atoms with Gasteiger partial charge >= 0.3 is 0 Å². The number of carbonyl (C=O) groups excluding carboxylic acids is 1. The van der Waals surface area contributed by atoms with E-state index in [4.69, 9.17) is 4.74 Å². The quantitative estimate of drug-likeness (QED) is 0.625. The van der Waals surface area contributed by atoms with Gasteiger partial charge in [-0.15, -0.1) is 0 Å². The molecule has 0 fully saturated rings. The van der Waals surface area contributed by atoms with Gasteiger partial charge < -0.3 is 4.74 Å². The maximum Gasteiger partial charge on any atom is 0.240 e. The van der Waals surface area contributed by atoms with Gasteiger partial charge in [-0.3, -0.25) is 4.79 Å². The van der Waals surface area contributed by atoms with Crippen LogP contribution in [0.25, 0.3) is 0 Å². The van der Waals surface area contributed by atoms with Gasteiger partial charge in [-0.2, -0.15) is 5.10 Å². The first kappa shape index (κ1) is 16.7. The highest BCUT2D eigenvalue weighted by Gasteiger charge is 2.02. The van der Waals surface area contributed by atoms with Crippen LogP contribution < -0.4 is 10.2 Å². The van der Waals surface area contributed by atoms with Gasteiger partial charge in [0.25, 0.3) is 0 Å². The van der Waals surface area contributed by atoms with Crippen LogP contribution in [0.2, 0.25) is 0 Å². The predicted octanol–water partition coefficient (Wildman–Crippen LogP) is 3.76. The summed E-state index contributed by atoms with van der Waals surface area (Å²) >= 11 is 0. The van der Waals surface area contributed by atoms with Gasteiger partial charge in [0.15, 0.2) is 0 Å². The lowest BCUT2D eigenvalue weighted by atomic mass is 10.1. The second-order valence-corrected chi connectivity index (χ2v) is 5.73. The Labute approximate surface area is 137 Å². The predicted molar refractivity (Wildman–Crippen MR) is 92.4 cm³/mol. The molecule has 0 radical (unpaired) electrons. The maximum atomic E-state index is 11.5. The van der Waals surface area contributed by atoms with Gasteiger partial charge in [0, 0.05) is 6.42 Å². The van der Waals surface area contributed by atoms with E-state index in [1.54, 1.807) is 6.21 Å². The third-order valence-electron chi connectivity index (χ3n) is 3.12. The van der Waals surface area contributed by atoms with Gasteiger partial charge in [0.05, 0.1) is 6.21 Å². The van der Waals surface area contributed by atoms with E-state index in [1.165, 1.54) is 0 Å². The average molecular weight is 310 g/mol. The lowest BCUT2D eigenvalue weighted by molar-refractivity contribution is -0.121. The Balaban J connectivity index is 1.81. The lowest BCUT2D eigenvalue weighted by Crippen LogP contribution is -2.19. The van der Waals surface area contributed by atoms with Crippen LogP contribution >= 0.6 is 0 Å². The summed E-state index contributed by atoms with van der Waals surface area (Å²) in [5.41, 5.74) is 4.56. The van der Waals surface area contributed by atoms with Gasteiger partial charge in [-0.25, -0.2) is 5.43 Å². The molecule has 0 aliphatic heterocycles. The van der Waals surface area contributed by atoms with Gasteiger partial charge in [0.2, 0.25) is 5.91 Å². The molecule has 0 aromatic heterocycles. The third kappa shape index (κ3) is 6.34. The fourth-order valence-corrected chi connectivity index (χ4v) is 1.99. The number of benzene rings is 2. The van der Waals surface area contributed by atoms with E-state index in [2.05, 4.69) is 10.5 Å². The summed E-state index contributed by atoms with van der Waals surface area (Å²) in [6.45, 7) is 4.54. The molecule has 0 heterocycles. The van der Waals surface area contributed by atoms with Crippen molar-refractivity contribution in [1.82, 2.24) is 5.43 Å². The first-order chi connectivity index (χ1) is 11.1. The number of nitrogens with zero attached hydrogens (tertiary/aromatic N) is 1. The zero-order valence-electron chi connectivity index (χ0n) is 13.5. The van der Waals surface area contributed by atoms with E-state index in [-0.39, 0.29) is 5.91 Å². The normalized spacial score (nSPS) is 10.9. The minimum atomic E-state index is -0.0703. The van der Waals surface area contributed by atoms with Crippen molar-refractivity contribution in [3.63, 3.8) is 0 Å². The average Bonchev–Trinajstić information content (AvgIpc) is 2.54. The van der Waals surface area contributed by atoms with Crippen molar-refractivity contribution in [3.05, 3.63) is 65.7 Å². The molecule has 0 aliphatic rings. The van der Waals surface area contributed by atoms with E-state index in [1.807, 2.05) is 68.4 Å². The molecule has 1 amide bonds. The monoisotopic (exact) mass is 310 g/mol. The zero-order valence-corrected chi connectivity index (χ0v) is 13.5. The van der Waals surface area contributed by atoms with Crippen LogP contribution in [-0.4, -0.2) is 12.1 Å². The number of hydrogen-bond acceptors (Lipinski definition) is 3. The number of ether oxygens (including phenoxy) is 1. The summed E-state index contributed by atoms with van der Waals surface area (Å²) in [5.74, 6) is 1.06. The second-order valence-electron chi connectivity index (χ2n) is 5.73. The summed E-state index contributed by atoms with van der Waals surface area (Å²) in [5, 5.41) is 3.95. The second kappa shape index (κ2) is 8.73. The maximum absolute atomic E-state index is 11.5. The molecule has 0 unspecified atom stereocenters. The Morgan fingerprint density at radius 2 is 1.83 bits per heavy atom. The van der Waals surface area contributed by atoms with E-state index in [0.29, 0.717) is 18.9 Å². The van der Waals surface area contributed by atoms with Gasteiger partial charge in [0.1, 0.15) is 12.4 Å². The Morgan fingerprint density at radius 3 is 2.48 bits per heavy atom. The first-order valence-corrected chi connectivity index (χ1v) is 7.72. The third-order valence-corrected chi connectivity index (χ3v) is 3.12. The highest BCUT2D eigenvalue weighted by atomic mass is 16.5. The van der Waals surface area contributed by atoms with Crippen LogP contribution in [0.3, 0.4) is 0 Å². The van der Waals surface area contributed by atoms with Gasteiger partial charge in [-0.05, 0) is 41.3 Å². The molecule has 2 aromatic carbocycles. The number of nitrogens with one attached hydrogen (secondary N) is 1. The number of amides is 1. The largest absolute Gasteiger partial charge is 0.489 e. The SMILES string of the molecule is CC(C)CC(=O)NN=Cc1ccc(OCc2ccccc2)cc1. The number of carbonyl (C=O) groups is 1. The molecule has 1 N–H and O–H groups in total. The molecule has 0 saturated carbocycles. The molecule has 23 heavy (non-hydrogen) atoms. The molecule has 0 aliphatic carbocycles. The van der Waals surface area contributed by atoms with Crippen molar-refractivity contribution in [2.75, 3.05) is 0 Å². The lowest BCUT2D eigenvalue weighted by Gasteiger charge is -2.06. The van der Waals surface area contributed by atoms with Crippen LogP contribution in [0.1, 0.15) is 31.4 Å². The zero-order chi connectivity index (χ0) is 16.5. The minimum Gasteiger partial charge on any atom is -0.489 e. The molecule has 0 bridgehead atoms. The highest BCUT2D eigenvalue weighted by molar-refractivity contribution is 5.82. The molecule has 4 heteroatoms.